The lowest BCUT2D eigenvalue weighted by Crippen LogP contribution is -2.29. The molecule has 3 saturated carbocycles. The normalized spacial score (nSPS) is 22.2. The van der Waals surface area contributed by atoms with E-state index in [9.17, 15) is 0 Å². The average molecular weight is 739 g/mol. The molecule has 280 valence electrons. The first-order chi connectivity index (χ1) is 28.0. The molecule has 5 atom stereocenters. The fourth-order valence-corrected chi connectivity index (χ4v) is 11.7. The van der Waals surface area contributed by atoms with E-state index in [1.165, 1.54) is 76.9 Å². The Balaban J connectivity index is 0.990. The molecule has 0 aliphatic heterocycles. The van der Waals surface area contributed by atoms with Crippen molar-refractivity contribution in [1.29, 1.82) is 0 Å². The van der Waals surface area contributed by atoms with Crippen LogP contribution in [0.3, 0.4) is 0 Å². The summed E-state index contributed by atoms with van der Waals surface area (Å²) in [6, 6.07) is 65.4. The lowest BCUT2D eigenvalue weighted by molar-refractivity contribution is 0.151. The smallest absolute Gasteiger partial charge is 0.0540 e. The summed E-state index contributed by atoms with van der Waals surface area (Å²) in [7, 11) is 0. The van der Waals surface area contributed by atoms with Gasteiger partial charge in [0.1, 0.15) is 0 Å². The molecule has 0 spiro atoms. The molecule has 0 heterocycles. The monoisotopic (exact) mass is 738 g/mol. The largest absolute Gasteiger partial charge is 0.311 e. The molecule has 57 heavy (non-hydrogen) atoms. The van der Waals surface area contributed by atoms with Crippen molar-refractivity contribution in [3.8, 4) is 22.3 Å². The minimum absolute atomic E-state index is 0.0989. The lowest BCUT2D eigenvalue weighted by Gasteiger charge is -2.40. The van der Waals surface area contributed by atoms with Gasteiger partial charge in [-0.2, -0.15) is 0 Å². The van der Waals surface area contributed by atoms with Gasteiger partial charge in [0, 0.05) is 39.4 Å². The van der Waals surface area contributed by atoms with Gasteiger partial charge < -0.3 is 9.80 Å². The van der Waals surface area contributed by atoms with E-state index in [0.717, 1.165) is 52.3 Å². The summed E-state index contributed by atoms with van der Waals surface area (Å²) in [5, 5.41) is 0. The van der Waals surface area contributed by atoms with Crippen LogP contribution < -0.4 is 9.80 Å². The Morgan fingerprint density at radius 3 is 1.67 bits per heavy atom. The van der Waals surface area contributed by atoms with Gasteiger partial charge in [0.15, 0.2) is 0 Å². The second kappa shape index (κ2) is 13.7. The maximum Gasteiger partial charge on any atom is 0.0540 e. The first-order valence-corrected chi connectivity index (χ1v) is 21.2. The Morgan fingerprint density at radius 2 is 0.930 bits per heavy atom. The quantitative estimate of drug-likeness (QED) is 0.153. The van der Waals surface area contributed by atoms with Crippen molar-refractivity contribution >= 4 is 34.1 Å². The topological polar surface area (TPSA) is 6.48 Å². The second-order valence-electron chi connectivity index (χ2n) is 17.8. The number of nitrogens with zero attached hydrogens (tertiary/aromatic N) is 2. The van der Waals surface area contributed by atoms with Crippen LogP contribution in [0.25, 0.3) is 22.3 Å². The van der Waals surface area contributed by atoms with Crippen molar-refractivity contribution in [2.45, 2.75) is 57.3 Å². The van der Waals surface area contributed by atoms with Gasteiger partial charge in [-0.05, 0) is 162 Å². The second-order valence-corrected chi connectivity index (χ2v) is 17.8. The molecular formula is C55H50N2. The van der Waals surface area contributed by atoms with Crippen molar-refractivity contribution in [3.63, 3.8) is 0 Å². The van der Waals surface area contributed by atoms with Crippen LogP contribution in [0, 0.1) is 23.7 Å². The maximum atomic E-state index is 2.46. The van der Waals surface area contributed by atoms with Crippen LogP contribution in [-0.4, -0.2) is 0 Å². The molecule has 0 aromatic heterocycles. The van der Waals surface area contributed by atoms with Crippen LogP contribution in [0.2, 0.25) is 0 Å². The van der Waals surface area contributed by atoms with Gasteiger partial charge in [-0.15, -0.1) is 0 Å². The van der Waals surface area contributed by atoms with Crippen LogP contribution in [0.4, 0.5) is 34.1 Å². The molecule has 0 N–H and O–H groups in total. The molecular weight excluding hydrogens is 689 g/mol. The standard InChI is InChI=1S/C55H50N2/c1-55(2)52-19-11-9-18-49(52)50-30-29-47(36-53(50)55)57(54-20-12-10-17-48(54)38-13-5-3-6-14-38)46-27-25-45(26-28-46)56(43-15-7-4-8-16-43)44-23-21-39(22-24-44)51-35-41-32-37-31-40(41)34-42(51)33-37/h3-30,36-37,40-42,51H,31-35H2,1-2H3. The van der Waals surface area contributed by atoms with E-state index in [1.54, 1.807) is 5.56 Å². The van der Waals surface area contributed by atoms with E-state index in [2.05, 4.69) is 200 Å². The number of fused-ring (bicyclic) bond motifs is 5. The third-order valence-corrected chi connectivity index (χ3v) is 14.3. The Labute approximate surface area is 338 Å². The third kappa shape index (κ3) is 5.83. The van der Waals surface area contributed by atoms with E-state index in [1.807, 2.05) is 0 Å². The average Bonchev–Trinajstić information content (AvgIpc) is 3.61. The molecule has 3 fully saturated rings. The summed E-state index contributed by atoms with van der Waals surface area (Å²) in [5.74, 6) is 4.55. The number of anilines is 6. The molecule has 11 rings (SSSR count). The van der Waals surface area contributed by atoms with Crippen molar-refractivity contribution in [3.05, 3.63) is 193 Å². The predicted octanol–water partition coefficient (Wildman–Crippen LogP) is 15.1. The zero-order valence-electron chi connectivity index (χ0n) is 33.1. The molecule has 4 aliphatic carbocycles. The molecule has 4 aliphatic rings. The van der Waals surface area contributed by atoms with Crippen LogP contribution >= 0.6 is 0 Å². The van der Waals surface area contributed by atoms with Gasteiger partial charge in [0.25, 0.3) is 0 Å². The number of hydrogen-bond donors (Lipinski definition) is 0. The van der Waals surface area contributed by atoms with E-state index in [4.69, 9.17) is 0 Å². The summed E-state index contributed by atoms with van der Waals surface area (Å²) in [5.41, 5.74) is 16.2. The van der Waals surface area contributed by atoms with Crippen LogP contribution in [0.5, 0.6) is 0 Å². The Kier molecular flexibility index (Phi) is 8.24. The van der Waals surface area contributed by atoms with Crippen molar-refractivity contribution in [2.24, 2.45) is 23.7 Å². The SMILES string of the molecule is CC1(C)c2ccccc2-c2ccc(N(c3ccc(N(c4ccccc4)c4ccc(C5CC6CC7CC6CC5C7)cc4)cc3)c3ccccc3-c3ccccc3)cc21. The summed E-state index contributed by atoms with van der Waals surface area (Å²) in [6.07, 6.45) is 7.30. The van der Waals surface area contributed by atoms with Gasteiger partial charge in [-0.25, -0.2) is 0 Å². The molecule has 2 heteroatoms. The summed E-state index contributed by atoms with van der Waals surface area (Å²) < 4.78 is 0. The van der Waals surface area contributed by atoms with Crippen LogP contribution in [0.1, 0.15) is 68.6 Å². The first kappa shape index (κ1) is 34.4. The number of benzene rings is 7. The van der Waals surface area contributed by atoms with Gasteiger partial charge in [0.2, 0.25) is 0 Å². The molecule has 0 amide bonds. The van der Waals surface area contributed by atoms with Crippen LogP contribution in [0.15, 0.2) is 176 Å². The summed E-state index contributed by atoms with van der Waals surface area (Å²) in [6.45, 7) is 4.73. The van der Waals surface area contributed by atoms with Gasteiger partial charge >= 0.3 is 0 Å². The fraction of sp³-hybridized carbons (Fsp3) is 0.236. The van der Waals surface area contributed by atoms with E-state index in [0.29, 0.717) is 0 Å². The van der Waals surface area contributed by atoms with Gasteiger partial charge in [-0.3, -0.25) is 0 Å². The first-order valence-electron chi connectivity index (χ1n) is 21.2. The summed E-state index contributed by atoms with van der Waals surface area (Å²) in [4.78, 5) is 4.87. The molecule has 2 nitrogen and oxygen atoms in total. The molecule has 5 unspecified atom stereocenters. The van der Waals surface area contributed by atoms with Crippen molar-refractivity contribution < 1.29 is 0 Å². The zero-order valence-corrected chi connectivity index (χ0v) is 33.1. The summed E-state index contributed by atoms with van der Waals surface area (Å²) >= 11 is 0. The fourth-order valence-electron chi connectivity index (χ4n) is 11.7. The van der Waals surface area contributed by atoms with Crippen molar-refractivity contribution in [2.75, 3.05) is 9.80 Å². The number of rotatable bonds is 8. The van der Waals surface area contributed by atoms with E-state index >= 15 is 0 Å². The predicted molar refractivity (Wildman–Crippen MR) is 239 cm³/mol. The lowest BCUT2D eigenvalue weighted by atomic mass is 9.65. The Hall–Kier alpha value is -5.86. The third-order valence-electron chi connectivity index (χ3n) is 14.3. The van der Waals surface area contributed by atoms with Gasteiger partial charge in [-0.1, -0.05) is 123 Å². The highest BCUT2D eigenvalue weighted by molar-refractivity contribution is 5.91. The minimum Gasteiger partial charge on any atom is -0.311 e. The highest BCUT2D eigenvalue weighted by Crippen LogP contribution is 2.60. The zero-order chi connectivity index (χ0) is 38.1. The Bertz CT molecular complexity index is 2550. The molecule has 0 saturated heterocycles. The highest BCUT2D eigenvalue weighted by atomic mass is 15.2. The minimum atomic E-state index is -0.0989. The van der Waals surface area contributed by atoms with Crippen LogP contribution in [-0.2, 0) is 5.41 Å². The van der Waals surface area contributed by atoms with E-state index < -0.39 is 0 Å². The molecule has 7 aromatic rings. The van der Waals surface area contributed by atoms with Crippen molar-refractivity contribution in [1.82, 2.24) is 0 Å². The van der Waals surface area contributed by atoms with Gasteiger partial charge in [0.05, 0.1) is 5.69 Å². The number of para-hydroxylation sites is 2. The highest BCUT2D eigenvalue weighted by Gasteiger charge is 2.48. The maximum absolute atomic E-state index is 2.46. The molecule has 0 radical (unpaired) electrons. The number of hydrogen-bond acceptors (Lipinski definition) is 2. The molecule has 7 aromatic carbocycles. The van der Waals surface area contributed by atoms with E-state index in [-0.39, 0.29) is 5.41 Å². The Morgan fingerprint density at radius 1 is 0.404 bits per heavy atom. The molecule has 3 bridgehead atoms.